The lowest BCUT2D eigenvalue weighted by Crippen LogP contribution is -2.38. The van der Waals surface area contributed by atoms with E-state index in [-0.39, 0.29) is 6.10 Å². The summed E-state index contributed by atoms with van der Waals surface area (Å²) in [6.45, 7) is 2.20. The third kappa shape index (κ3) is 2.62. The molecule has 5 heteroatoms. The number of para-hydroxylation sites is 2. The molecule has 4 nitrogen and oxygen atoms in total. The van der Waals surface area contributed by atoms with Gasteiger partial charge in [-0.05, 0) is 29.8 Å². The van der Waals surface area contributed by atoms with Crippen molar-refractivity contribution < 1.29 is 9.15 Å². The maximum atomic E-state index is 5.90. The number of fused-ring (bicyclic) bond motifs is 1. The second kappa shape index (κ2) is 5.74. The fraction of sp³-hybridized carbons (Fsp3) is 0.235. The van der Waals surface area contributed by atoms with E-state index < -0.39 is 0 Å². The molecular weight excluding hydrogens is 344 g/mol. The highest BCUT2D eigenvalue weighted by molar-refractivity contribution is 9.10. The maximum absolute atomic E-state index is 5.90. The molecule has 112 valence electrons. The summed E-state index contributed by atoms with van der Waals surface area (Å²) in [7, 11) is 0. The summed E-state index contributed by atoms with van der Waals surface area (Å²) in [5, 5.41) is 0. The Hall–Kier alpha value is -1.85. The first-order valence-electron chi connectivity index (χ1n) is 7.27. The SMILES string of the molecule is Brc1ccc(C2CN(c3nc4ccccc4o3)CCO2)cc1. The molecule has 0 amide bonds. The molecule has 0 N–H and O–H groups in total. The minimum Gasteiger partial charge on any atom is -0.423 e. The largest absolute Gasteiger partial charge is 0.423 e. The lowest BCUT2D eigenvalue weighted by Gasteiger charge is -2.32. The van der Waals surface area contributed by atoms with Crippen molar-refractivity contribution in [2.45, 2.75) is 6.10 Å². The van der Waals surface area contributed by atoms with Crippen LogP contribution in [0.15, 0.2) is 57.4 Å². The third-order valence-corrected chi connectivity index (χ3v) is 4.39. The molecule has 1 aliphatic rings. The van der Waals surface area contributed by atoms with Gasteiger partial charge in [0.2, 0.25) is 0 Å². The molecule has 22 heavy (non-hydrogen) atoms. The second-order valence-electron chi connectivity index (χ2n) is 5.32. The number of hydrogen-bond acceptors (Lipinski definition) is 4. The van der Waals surface area contributed by atoms with Crippen LogP contribution in [0.25, 0.3) is 11.1 Å². The molecule has 1 fully saturated rings. The van der Waals surface area contributed by atoms with Crippen LogP contribution in [-0.4, -0.2) is 24.7 Å². The molecule has 2 aromatic carbocycles. The van der Waals surface area contributed by atoms with Crippen LogP contribution in [0, 0.1) is 0 Å². The molecule has 4 rings (SSSR count). The summed E-state index contributed by atoms with van der Waals surface area (Å²) < 4.78 is 12.8. The van der Waals surface area contributed by atoms with Crippen molar-refractivity contribution in [3.05, 3.63) is 58.6 Å². The van der Waals surface area contributed by atoms with E-state index in [4.69, 9.17) is 9.15 Å². The van der Waals surface area contributed by atoms with E-state index in [0.29, 0.717) is 12.6 Å². The van der Waals surface area contributed by atoms with Gasteiger partial charge in [-0.3, -0.25) is 0 Å². The molecule has 0 bridgehead atoms. The topological polar surface area (TPSA) is 38.5 Å². The van der Waals surface area contributed by atoms with E-state index in [0.717, 1.165) is 28.7 Å². The summed E-state index contributed by atoms with van der Waals surface area (Å²) in [5.74, 6) is 0. The minimum absolute atomic E-state index is 0.0388. The van der Waals surface area contributed by atoms with Crippen LogP contribution >= 0.6 is 15.9 Å². The molecule has 0 spiro atoms. The summed E-state index contributed by atoms with van der Waals surface area (Å²) in [5.41, 5.74) is 2.89. The van der Waals surface area contributed by atoms with Crippen LogP contribution in [0.2, 0.25) is 0 Å². The Morgan fingerprint density at radius 1 is 1.09 bits per heavy atom. The van der Waals surface area contributed by atoms with Gasteiger partial charge in [0.05, 0.1) is 13.2 Å². The molecule has 1 aliphatic heterocycles. The Labute approximate surface area is 136 Å². The first kappa shape index (κ1) is 13.8. The summed E-state index contributed by atoms with van der Waals surface area (Å²) in [6, 6.07) is 16.8. The van der Waals surface area contributed by atoms with Crippen molar-refractivity contribution in [3.8, 4) is 0 Å². The Balaban J connectivity index is 1.58. The lowest BCUT2D eigenvalue weighted by atomic mass is 10.1. The summed E-state index contributed by atoms with van der Waals surface area (Å²) in [4.78, 5) is 6.72. The van der Waals surface area contributed by atoms with Gasteiger partial charge in [0.15, 0.2) is 5.58 Å². The van der Waals surface area contributed by atoms with Gasteiger partial charge >= 0.3 is 0 Å². The number of morpholine rings is 1. The third-order valence-electron chi connectivity index (χ3n) is 3.86. The standard InChI is InChI=1S/C17H15BrN2O2/c18-13-7-5-12(6-8-13)16-11-20(9-10-21-16)17-19-14-3-1-2-4-15(14)22-17/h1-8,16H,9-11H2. The fourth-order valence-electron chi connectivity index (χ4n) is 2.70. The number of aromatic nitrogens is 1. The van der Waals surface area contributed by atoms with Crippen molar-refractivity contribution >= 4 is 33.0 Å². The van der Waals surface area contributed by atoms with Gasteiger partial charge in [-0.2, -0.15) is 4.98 Å². The average molecular weight is 359 g/mol. The van der Waals surface area contributed by atoms with Gasteiger partial charge in [-0.1, -0.05) is 40.2 Å². The molecule has 1 unspecified atom stereocenters. The van der Waals surface area contributed by atoms with Crippen LogP contribution < -0.4 is 4.90 Å². The van der Waals surface area contributed by atoms with Crippen LogP contribution in [0.1, 0.15) is 11.7 Å². The van der Waals surface area contributed by atoms with E-state index >= 15 is 0 Å². The predicted octanol–water partition coefficient (Wildman–Crippen LogP) is 4.17. The van der Waals surface area contributed by atoms with Gasteiger partial charge in [-0.15, -0.1) is 0 Å². The van der Waals surface area contributed by atoms with E-state index in [1.165, 1.54) is 5.56 Å². The van der Waals surface area contributed by atoms with Gasteiger partial charge in [-0.25, -0.2) is 0 Å². The van der Waals surface area contributed by atoms with Crippen molar-refractivity contribution in [2.75, 3.05) is 24.6 Å². The second-order valence-corrected chi connectivity index (χ2v) is 6.24. The number of halogens is 1. The number of oxazole rings is 1. The van der Waals surface area contributed by atoms with Crippen LogP contribution in [0.3, 0.4) is 0 Å². The van der Waals surface area contributed by atoms with Crippen LogP contribution in [0.4, 0.5) is 6.01 Å². The molecular formula is C17H15BrN2O2. The zero-order valence-electron chi connectivity index (χ0n) is 11.9. The van der Waals surface area contributed by atoms with Crippen molar-refractivity contribution in [3.63, 3.8) is 0 Å². The first-order chi connectivity index (χ1) is 10.8. The smallest absolute Gasteiger partial charge is 0.298 e. The highest BCUT2D eigenvalue weighted by Crippen LogP contribution is 2.28. The van der Waals surface area contributed by atoms with Crippen LogP contribution in [0.5, 0.6) is 0 Å². The Morgan fingerprint density at radius 3 is 2.73 bits per heavy atom. The van der Waals surface area contributed by atoms with E-state index in [1.807, 2.05) is 36.4 Å². The number of rotatable bonds is 2. The molecule has 1 atom stereocenters. The molecule has 0 aliphatic carbocycles. The number of ether oxygens (including phenoxy) is 1. The number of anilines is 1. The molecule has 2 heterocycles. The van der Waals surface area contributed by atoms with Gasteiger partial charge in [0.25, 0.3) is 6.01 Å². The lowest BCUT2D eigenvalue weighted by molar-refractivity contribution is 0.0381. The molecule has 1 saturated heterocycles. The highest BCUT2D eigenvalue weighted by atomic mass is 79.9. The van der Waals surface area contributed by atoms with Crippen LogP contribution in [-0.2, 0) is 4.74 Å². The van der Waals surface area contributed by atoms with Gasteiger partial charge in [0, 0.05) is 11.0 Å². The Bertz CT molecular complexity index is 752. The monoisotopic (exact) mass is 358 g/mol. The number of hydrogen-bond donors (Lipinski definition) is 0. The van der Waals surface area contributed by atoms with Crippen molar-refractivity contribution in [2.24, 2.45) is 0 Å². The molecule has 1 aromatic heterocycles. The fourth-order valence-corrected chi connectivity index (χ4v) is 2.96. The average Bonchev–Trinajstić information content (AvgIpc) is 3.00. The normalized spacial score (nSPS) is 18.8. The van der Waals surface area contributed by atoms with E-state index in [9.17, 15) is 0 Å². The van der Waals surface area contributed by atoms with E-state index in [2.05, 4.69) is 37.9 Å². The zero-order valence-corrected chi connectivity index (χ0v) is 13.5. The highest BCUT2D eigenvalue weighted by Gasteiger charge is 2.25. The van der Waals surface area contributed by atoms with Crippen molar-refractivity contribution in [1.82, 2.24) is 4.98 Å². The van der Waals surface area contributed by atoms with E-state index in [1.54, 1.807) is 0 Å². The Kier molecular flexibility index (Phi) is 3.60. The minimum atomic E-state index is 0.0388. The summed E-state index contributed by atoms with van der Waals surface area (Å²) in [6.07, 6.45) is 0.0388. The Morgan fingerprint density at radius 2 is 1.91 bits per heavy atom. The number of nitrogens with zero attached hydrogens (tertiary/aromatic N) is 2. The zero-order chi connectivity index (χ0) is 14.9. The first-order valence-corrected chi connectivity index (χ1v) is 8.06. The predicted molar refractivity (Wildman–Crippen MR) is 89.1 cm³/mol. The van der Waals surface area contributed by atoms with Gasteiger partial charge in [0.1, 0.15) is 11.6 Å². The molecule has 3 aromatic rings. The molecule has 0 saturated carbocycles. The maximum Gasteiger partial charge on any atom is 0.298 e. The molecule has 0 radical (unpaired) electrons. The summed E-state index contributed by atoms with van der Waals surface area (Å²) >= 11 is 3.46. The van der Waals surface area contributed by atoms with Crippen molar-refractivity contribution in [1.29, 1.82) is 0 Å². The quantitative estimate of drug-likeness (QED) is 0.689. The van der Waals surface area contributed by atoms with Gasteiger partial charge < -0.3 is 14.1 Å². The number of benzene rings is 2.